The first-order valence-corrected chi connectivity index (χ1v) is 8.42. The van der Waals surface area contributed by atoms with E-state index in [-0.39, 0.29) is 24.3 Å². The maximum absolute atomic E-state index is 12.2. The highest BCUT2D eigenvalue weighted by Crippen LogP contribution is 2.35. The van der Waals surface area contributed by atoms with Gasteiger partial charge in [-0.2, -0.15) is 5.26 Å². The van der Waals surface area contributed by atoms with Crippen molar-refractivity contribution < 1.29 is 14.3 Å². The third kappa shape index (κ3) is 3.29. The van der Waals surface area contributed by atoms with Crippen LogP contribution in [0.3, 0.4) is 0 Å². The zero-order valence-electron chi connectivity index (χ0n) is 15.3. The average molecular weight is 351 g/mol. The van der Waals surface area contributed by atoms with Gasteiger partial charge in [0.25, 0.3) is 5.91 Å². The SMILES string of the molecule is Cc1cc(/C=C(/C#N)C(=O)NC(C)C)c(C)n1-c1ccc2c(c1)OCO2. The molecule has 26 heavy (non-hydrogen) atoms. The van der Waals surface area contributed by atoms with Gasteiger partial charge >= 0.3 is 0 Å². The molecule has 1 aromatic heterocycles. The minimum Gasteiger partial charge on any atom is -0.454 e. The van der Waals surface area contributed by atoms with Gasteiger partial charge in [0.1, 0.15) is 11.6 Å². The molecule has 0 saturated carbocycles. The number of hydrogen-bond donors (Lipinski definition) is 1. The van der Waals surface area contributed by atoms with Gasteiger partial charge in [-0.25, -0.2) is 0 Å². The van der Waals surface area contributed by atoms with Gasteiger partial charge < -0.3 is 19.4 Å². The molecule has 1 amide bonds. The zero-order chi connectivity index (χ0) is 18.8. The van der Waals surface area contributed by atoms with Crippen LogP contribution >= 0.6 is 0 Å². The third-order valence-corrected chi connectivity index (χ3v) is 4.17. The van der Waals surface area contributed by atoms with Crippen molar-refractivity contribution >= 4 is 12.0 Å². The lowest BCUT2D eigenvalue weighted by Crippen LogP contribution is -2.30. The second-order valence-electron chi connectivity index (χ2n) is 6.50. The number of benzene rings is 1. The molecule has 0 unspecified atom stereocenters. The molecule has 1 aliphatic heterocycles. The summed E-state index contributed by atoms with van der Waals surface area (Å²) in [6, 6.07) is 9.68. The maximum Gasteiger partial charge on any atom is 0.262 e. The summed E-state index contributed by atoms with van der Waals surface area (Å²) < 4.78 is 12.9. The van der Waals surface area contributed by atoms with E-state index in [1.165, 1.54) is 0 Å². The maximum atomic E-state index is 12.2. The van der Waals surface area contributed by atoms with Crippen LogP contribution in [0.25, 0.3) is 11.8 Å². The monoisotopic (exact) mass is 351 g/mol. The van der Waals surface area contributed by atoms with Gasteiger partial charge in [0.15, 0.2) is 11.5 Å². The van der Waals surface area contributed by atoms with Gasteiger partial charge in [0.2, 0.25) is 6.79 Å². The molecular weight excluding hydrogens is 330 g/mol. The van der Waals surface area contributed by atoms with Crippen LogP contribution in [0.2, 0.25) is 0 Å². The van der Waals surface area contributed by atoms with Gasteiger partial charge in [-0.3, -0.25) is 4.79 Å². The van der Waals surface area contributed by atoms with Crippen LogP contribution in [0.5, 0.6) is 11.5 Å². The Balaban J connectivity index is 1.99. The minimum absolute atomic E-state index is 0.0275. The summed E-state index contributed by atoms with van der Waals surface area (Å²) in [4.78, 5) is 12.2. The summed E-state index contributed by atoms with van der Waals surface area (Å²) in [7, 11) is 0. The number of aryl methyl sites for hydroxylation is 1. The number of rotatable bonds is 4. The third-order valence-electron chi connectivity index (χ3n) is 4.17. The fourth-order valence-electron chi connectivity index (χ4n) is 3.00. The summed E-state index contributed by atoms with van der Waals surface area (Å²) in [5.41, 5.74) is 3.79. The predicted octanol–water partition coefficient (Wildman–Crippen LogP) is 3.25. The molecule has 0 bridgehead atoms. The van der Waals surface area contributed by atoms with Crippen molar-refractivity contribution in [3.05, 3.63) is 46.8 Å². The normalized spacial score (nSPS) is 13.0. The first-order valence-electron chi connectivity index (χ1n) is 8.42. The lowest BCUT2D eigenvalue weighted by molar-refractivity contribution is -0.117. The first-order chi connectivity index (χ1) is 12.4. The van der Waals surface area contributed by atoms with E-state index in [1.807, 2.05) is 58.0 Å². The minimum atomic E-state index is -0.365. The number of carbonyl (C=O) groups is 1. The van der Waals surface area contributed by atoms with Crippen molar-refractivity contribution in [1.82, 2.24) is 9.88 Å². The molecule has 0 saturated heterocycles. The van der Waals surface area contributed by atoms with Gasteiger partial charge in [-0.15, -0.1) is 0 Å². The average Bonchev–Trinajstić information content (AvgIpc) is 3.15. The standard InChI is InChI=1S/C20H21N3O3/c1-12(2)22-20(24)16(10-21)8-15-7-13(3)23(14(15)4)17-5-6-18-19(9-17)26-11-25-18/h5-9,12H,11H2,1-4H3,(H,22,24)/b16-8-. The van der Waals surface area contributed by atoms with Crippen molar-refractivity contribution in [2.75, 3.05) is 6.79 Å². The number of nitrogens with zero attached hydrogens (tertiary/aromatic N) is 2. The summed E-state index contributed by atoms with van der Waals surface area (Å²) >= 11 is 0. The highest BCUT2D eigenvalue weighted by Gasteiger charge is 2.17. The van der Waals surface area contributed by atoms with E-state index >= 15 is 0 Å². The summed E-state index contributed by atoms with van der Waals surface area (Å²) in [5, 5.41) is 12.1. The number of carbonyl (C=O) groups excluding carboxylic acids is 1. The highest BCUT2D eigenvalue weighted by molar-refractivity contribution is 6.02. The Kier molecular flexibility index (Phi) is 4.72. The van der Waals surface area contributed by atoms with Crippen LogP contribution in [-0.2, 0) is 4.79 Å². The predicted molar refractivity (Wildman–Crippen MR) is 98.2 cm³/mol. The van der Waals surface area contributed by atoms with E-state index in [1.54, 1.807) is 6.08 Å². The molecule has 2 aromatic rings. The van der Waals surface area contributed by atoms with E-state index in [0.717, 1.165) is 28.4 Å². The number of nitrogens with one attached hydrogen (secondary N) is 1. The molecule has 0 radical (unpaired) electrons. The summed E-state index contributed by atoms with van der Waals surface area (Å²) in [5.74, 6) is 1.07. The Morgan fingerprint density at radius 1 is 1.27 bits per heavy atom. The zero-order valence-corrected chi connectivity index (χ0v) is 15.3. The van der Waals surface area contributed by atoms with Gasteiger partial charge in [0.05, 0.1) is 0 Å². The molecule has 6 nitrogen and oxygen atoms in total. The summed E-state index contributed by atoms with van der Waals surface area (Å²) in [6.45, 7) is 7.89. The molecule has 0 spiro atoms. The number of amides is 1. The molecule has 3 rings (SSSR count). The largest absolute Gasteiger partial charge is 0.454 e. The molecule has 0 atom stereocenters. The van der Waals surface area contributed by atoms with Crippen molar-refractivity contribution in [2.24, 2.45) is 0 Å². The number of hydrogen-bond acceptors (Lipinski definition) is 4. The fraction of sp³-hybridized carbons (Fsp3) is 0.300. The molecule has 6 heteroatoms. The molecule has 1 aliphatic rings. The van der Waals surface area contributed by atoms with Crippen LogP contribution < -0.4 is 14.8 Å². The van der Waals surface area contributed by atoms with E-state index in [2.05, 4.69) is 9.88 Å². The second-order valence-corrected chi connectivity index (χ2v) is 6.50. The van der Waals surface area contributed by atoms with Crippen LogP contribution in [0.4, 0.5) is 0 Å². The number of aromatic nitrogens is 1. The lowest BCUT2D eigenvalue weighted by atomic mass is 10.1. The Hall–Kier alpha value is -3.20. The Morgan fingerprint density at radius 2 is 2.00 bits per heavy atom. The highest BCUT2D eigenvalue weighted by atomic mass is 16.7. The number of nitriles is 1. The van der Waals surface area contributed by atoms with Crippen molar-refractivity contribution in [1.29, 1.82) is 5.26 Å². The number of fused-ring (bicyclic) bond motifs is 1. The van der Waals surface area contributed by atoms with E-state index in [0.29, 0.717) is 5.75 Å². The van der Waals surface area contributed by atoms with Gasteiger partial charge in [-0.1, -0.05) is 0 Å². The quantitative estimate of drug-likeness (QED) is 0.678. The molecule has 1 N–H and O–H groups in total. The fourth-order valence-corrected chi connectivity index (χ4v) is 3.00. The second kappa shape index (κ2) is 6.96. The van der Waals surface area contributed by atoms with Crippen molar-refractivity contribution in [3.8, 4) is 23.3 Å². The van der Waals surface area contributed by atoms with E-state index in [4.69, 9.17) is 9.47 Å². The van der Waals surface area contributed by atoms with Crippen LogP contribution in [0, 0.1) is 25.2 Å². The van der Waals surface area contributed by atoms with Crippen molar-refractivity contribution in [2.45, 2.75) is 33.7 Å². The summed E-state index contributed by atoms with van der Waals surface area (Å²) in [6.07, 6.45) is 1.63. The van der Waals surface area contributed by atoms with E-state index in [9.17, 15) is 10.1 Å². The smallest absolute Gasteiger partial charge is 0.262 e. The van der Waals surface area contributed by atoms with Gasteiger partial charge in [0, 0.05) is 29.2 Å². The molecule has 1 aromatic carbocycles. The van der Waals surface area contributed by atoms with Crippen molar-refractivity contribution in [3.63, 3.8) is 0 Å². The number of ether oxygens (including phenoxy) is 2. The first kappa shape index (κ1) is 17.6. The van der Waals surface area contributed by atoms with Crippen LogP contribution in [-0.4, -0.2) is 23.3 Å². The van der Waals surface area contributed by atoms with E-state index < -0.39 is 0 Å². The van der Waals surface area contributed by atoms with Gasteiger partial charge in [-0.05, 0) is 57.5 Å². The Morgan fingerprint density at radius 3 is 2.69 bits per heavy atom. The van der Waals surface area contributed by atoms with Crippen LogP contribution in [0.15, 0.2) is 29.8 Å². The molecule has 2 heterocycles. The lowest BCUT2D eigenvalue weighted by Gasteiger charge is -2.10. The Labute approximate surface area is 152 Å². The van der Waals surface area contributed by atoms with Crippen LogP contribution in [0.1, 0.15) is 30.8 Å². The molecular formula is C20H21N3O3. The molecule has 0 aliphatic carbocycles. The Bertz CT molecular complexity index is 933. The molecule has 0 fully saturated rings. The molecule has 134 valence electrons. The topological polar surface area (TPSA) is 76.3 Å².